The molecule has 2 heterocycles. The fourth-order valence-electron chi connectivity index (χ4n) is 3.76. The Balaban J connectivity index is 1.45. The van der Waals surface area contributed by atoms with Crippen LogP contribution < -0.4 is 5.32 Å². The van der Waals surface area contributed by atoms with Gasteiger partial charge in [-0.1, -0.05) is 11.6 Å². The summed E-state index contributed by atoms with van der Waals surface area (Å²) in [6, 6.07) is 0.0601. The molecule has 5 nitrogen and oxygen atoms in total. The number of urea groups is 1. The molecule has 22 heavy (non-hydrogen) atoms. The van der Waals surface area contributed by atoms with E-state index in [1.807, 2.05) is 11.8 Å². The number of carbonyl (C=O) groups is 1. The van der Waals surface area contributed by atoms with Crippen LogP contribution in [-0.4, -0.2) is 49.6 Å². The topological polar surface area (TPSA) is 50.8 Å². The van der Waals surface area contributed by atoms with E-state index in [9.17, 15) is 4.79 Å². The van der Waals surface area contributed by atoms with Gasteiger partial charge in [0.15, 0.2) is 5.79 Å². The number of rotatable bonds is 4. The third-order valence-corrected chi connectivity index (χ3v) is 5.17. The number of amides is 2. The standard InChI is InChI=1S/C17H28N2O3/c1-17(21-11-12-22-17)15-7-4-10-19(13-15)16(20)18-9-8-14-5-2-3-6-14/h5,15H,2-4,6-13H2,1H3,(H,18,20)/t15-/m0/s1. The highest BCUT2D eigenvalue weighted by atomic mass is 16.7. The van der Waals surface area contributed by atoms with Gasteiger partial charge < -0.3 is 19.7 Å². The second kappa shape index (κ2) is 7.01. The molecule has 2 amide bonds. The van der Waals surface area contributed by atoms with Crippen LogP contribution in [0.1, 0.15) is 45.4 Å². The Morgan fingerprint density at radius 1 is 1.41 bits per heavy atom. The van der Waals surface area contributed by atoms with Gasteiger partial charge in [0.05, 0.1) is 13.2 Å². The molecule has 2 aliphatic heterocycles. The number of hydrogen-bond acceptors (Lipinski definition) is 3. The molecule has 0 radical (unpaired) electrons. The minimum Gasteiger partial charge on any atom is -0.347 e. The molecule has 0 bridgehead atoms. The quantitative estimate of drug-likeness (QED) is 0.812. The van der Waals surface area contributed by atoms with E-state index >= 15 is 0 Å². The lowest BCUT2D eigenvalue weighted by molar-refractivity contribution is -0.189. The first-order chi connectivity index (χ1) is 10.7. The number of piperidine rings is 1. The maximum Gasteiger partial charge on any atom is 0.317 e. The summed E-state index contributed by atoms with van der Waals surface area (Å²) in [6.07, 6.45) is 9.07. The van der Waals surface area contributed by atoms with E-state index in [0.717, 1.165) is 38.9 Å². The van der Waals surface area contributed by atoms with E-state index in [-0.39, 0.29) is 11.9 Å². The van der Waals surface area contributed by atoms with Gasteiger partial charge in [-0.2, -0.15) is 0 Å². The second-order valence-electron chi connectivity index (χ2n) is 6.73. The van der Waals surface area contributed by atoms with Crippen molar-refractivity contribution in [2.75, 3.05) is 32.8 Å². The van der Waals surface area contributed by atoms with Gasteiger partial charge in [-0.3, -0.25) is 0 Å². The van der Waals surface area contributed by atoms with Crippen molar-refractivity contribution in [1.29, 1.82) is 0 Å². The maximum atomic E-state index is 12.4. The molecule has 5 heteroatoms. The third kappa shape index (κ3) is 3.63. The van der Waals surface area contributed by atoms with Crippen LogP contribution >= 0.6 is 0 Å². The molecule has 0 unspecified atom stereocenters. The molecule has 0 spiro atoms. The minimum atomic E-state index is -0.506. The van der Waals surface area contributed by atoms with E-state index in [4.69, 9.17) is 9.47 Å². The van der Waals surface area contributed by atoms with Crippen LogP contribution in [0.25, 0.3) is 0 Å². The van der Waals surface area contributed by atoms with Crippen molar-refractivity contribution in [3.63, 3.8) is 0 Å². The van der Waals surface area contributed by atoms with Gasteiger partial charge in [0.1, 0.15) is 0 Å². The molecule has 0 aromatic carbocycles. The molecule has 0 saturated carbocycles. The number of nitrogens with one attached hydrogen (secondary N) is 1. The summed E-state index contributed by atoms with van der Waals surface area (Å²) in [7, 11) is 0. The first kappa shape index (κ1) is 15.8. The summed E-state index contributed by atoms with van der Waals surface area (Å²) in [5.41, 5.74) is 1.50. The zero-order valence-corrected chi connectivity index (χ0v) is 13.6. The maximum absolute atomic E-state index is 12.4. The number of carbonyl (C=O) groups excluding carboxylic acids is 1. The van der Waals surface area contributed by atoms with Crippen molar-refractivity contribution in [2.24, 2.45) is 5.92 Å². The van der Waals surface area contributed by atoms with Crippen molar-refractivity contribution in [2.45, 2.75) is 51.2 Å². The molecule has 2 fully saturated rings. The largest absolute Gasteiger partial charge is 0.347 e. The van der Waals surface area contributed by atoms with Gasteiger partial charge in [0.25, 0.3) is 0 Å². The molecule has 1 N–H and O–H groups in total. The van der Waals surface area contributed by atoms with E-state index in [1.165, 1.54) is 24.8 Å². The summed E-state index contributed by atoms with van der Waals surface area (Å²) in [5.74, 6) is -0.236. The summed E-state index contributed by atoms with van der Waals surface area (Å²) in [6.45, 7) is 5.64. The van der Waals surface area contributed by atoms with Crippen molar-refractivity contribution in [1.82, 2.24) is 10.2 Å². The Bertz CT molecular complexity index is 430. The summed E-state index contributed by atoms with van der Waals surface area (Å²) in [5, 5.41) is 3.07. The van der Waals surface area contributed by atoms with Crippen LogP contribution in [0.4, 0.5) is 4.79 Å². The van der Waals surface area contributed by atoms with Gasteiger partial charge in [0.2, 0.25) is 0 Å². The molecule has 3 rings (SSSR count). The first-order valence-electron chi connectivity index (χ1n) is 8.66. The second-order valence-corrected chi connectivity index (χ2v) is 6.73. The molecule has 1 aliphatic carbocycles. The van der Waals surface area contributed by atoms with Crippen LogP contribution in [-0.2, 0) is 9.47 Å². The Hall–Kier alpha value is -1.07. The number of ether oxygens (including phenoxy) is 2. The molecule has 124 valence electrons. The highest BCUT2D eigenvalue weighted by molar-refractivity contribution is 5.74. The Morgan fingerprint density at radius 2 is 2.23 bits per heavy atom. The molecule has 0 aromatic rings. The smallest absolute Gasteiger partial charge is 0.317 e. The Kier molecular flexibility index (Phi) is 5.03. The molecule has 2 saturated heterocycles. The van der Waals surface area contributed by atoms with Crippen molar-refractivity contribution < 1.29 is 14.3 Å². The molecular formula is C17H28N2O3. The minimum absolute atomic E-state index is 0.0601. The molecule has 3 aliphatic rings. The highest BCUT2D eigenvalue weighted by Gasteiger charge is 2.42. The summed E-state index contributed by atoms with van der Waals surface area (Å²) < 4.78 is 11.5. The van der Waals surface area contributed by atoms with E-state index in [2.05, 4.69) is 11.4 Å². The van der Waals surface area contributed by atoms with E-state index in [1.54, 1.807) is 0 Å². The zero-order valence-electron chi connectivity index (χ0n) is 13.6. The number of allylic oxidation sites excluding steroid dienone is 1. The number of nitrogens with zero attached hydrogens (tertiary/aromatic N) is 1. The van der Waals surface area contributed by atoms with Crippen LogP contribution in [0, 0.1) is 5.92 Å². The van der Waals surface area contributed by atoms with Gasteiger partial charge in [-0.25, -0.2) is 4.79 Å². The highest BCUT2D eigenvalue weighted by Crippen LogP contribution is 2.34. The lowest BCUT2D eigenvalue weighted by atomic mass is 9.90. The predicted molar refractivity (Wildman–Crippen MR) is 84.6 cm³/mol. The Morgan fingerprint density at radius 3 is 2.95 bits per heavy atom. The third-order valence-electron chi connectivity index (χ3n) is 5.17. The average Bonchev–Trinajstić information content (AvgIpc) is 3.20. The monoisotopic (exact) mass is 308 g/mol. The normalized spacial score (nSPS) is 27.8. The lowest BCUT2D eigenvalue weighted by Crippen LogP contribution is -2.51. The van der Waals surface area contributed by atoms with Crippen molar-refractivity contribution in [3.8, 4) is 0 Å². The van der Waals surface area contributed by atoms with Crippen molar-refractivity contribution >= 4 is 6.03 Å². The van der Waals surface area contributed by atoms with Crippen LogP contribution in [0.5, 0.6) is 0 Å². The van der Waals surface area contributed by atoms with Crippen LogP contribution in [0.15, 0.2) is 11.6 Å². The number of hydrogen-bond donors (Lipinski definition) is 1. The fraction of sp³-hybridized carbons (Fsp3) is 0.824. The van der Waals surface area contributed by atoms with Gasteiger partial charge >= 0.3 is 6.03 Å². The molecular weight excluding hydrogens is 280 g/mol. The van der Waals surface area contributed by atoms with Gasteiger partial charge in [0, 0.05) is 25.6 Å². The number of likely N-dealkylation sites (tertiary alicyclic amines) is 1. The SMILES string of the molecule is CC1([C@H]2CCCN(C(=O)NCCC3=CCCC3)C2)OCCO1. The van der Waals surface area contributed by atoms with Gasteiger partial charge in [-0.05, 0) is 45.4 Å². The first-order valence-corrected chi connectivity index (χ1v) is 8.66. The van der Waals surface area contributed by atoms with Gasteiger partial charge in [-0.15, -0.1) is 0 Å². The van der Waals surface area contributed by atoms with Crippen LogP contribution in [0.2, 0.25) is 0 Å². The Labute approximate surface area is 133 Å². The predicted octanol–water partition coefficient (Wildman–Crippen LogP) is 2.67. The fourth-order valence-corrected chi connectivity index (χ4v) is 3.76. The van der Waals surface area contributed by atoms with E-state index < -0.39 is 5.79 Å². The summed E-state index contributed by atoms with van der Waals surface area (Å²) >= 11 is 0. The average molecular weight is 308 g/mol. The molecule has 0 aromatic heterocycles. The lowest BCUT2D eigenvalue weighted by Gasteiger charge is -2.39. The molecule has 1 atom stereocenters. The summed E-state index contributed by atoms with van der Waals surface area (Å²) in [4.78, 5) is 14.3. The van der Waals surface area contributed by atoms with Crippen molar-refractivity contribution in [3.05, 3.63) is 11.6 Å². The zero-order chi connectivity index (χ0) is 15.4. The van der Waals surface area contributed by atoms with Crippen LogP contribution in [0.3, 0.4) is 0 Å². The van der Waals surface area contributed by atoms with E-state index in [0.29, 0.717) is 13.2 Å².